The predicted molar refractivity (Wildman–Crippen MR) is 63.5 cm³/mol. The van der Waals surface area contributed by atoms with Gasteiger partial charge in [0.25, 0.3) is 0 Å². The van der Waals surface area contributed by atoms with Crippen molar-refractivity contribution in [2.45, 2.75) is 6.54 Å². The Morgan fingerprint density at radius 3 is 2.67 bits per heavy atom. The van der Waals surface area contributed by atoms with Crippen LogP contribution in [-0.2, 0) is 6.54 Å². The molecule has 0 bridgehead atoms. The summed E-state index contributed by atoms with van der Waals surface area (Å²) in [5, 5.41) is 2.86. The molecule has 4 N–H and O–H groups in total. The summed E-state index contributed by atoms with van der Waals surface area (Å²) in [6.07, 6.45) is 2.92. The van der Waals surface area contributed by atoms with Crippen LogP contribution in [0.25, 0.3) is 0 Å². The molecule has 2 aromatic rings. The topological polar surface area (TPSA) is 75.9 Å². The van der Waals surface area contributed by atoms with Crippen LogP contribution in [-0.4, -0.2) is 9.97 Å². The van der Waals surface area contributed by atoms with E-state index in [9.17, 15) is 8.78 Å². The lowest BCUT2D eigenvalue weighted by Crippen LogP contribution is -2.10. The molecule has 0 amide bonds. The second-order valence-electron chi connectivity index (χ2n) is 3.52. The molecule has 1 aromatic heterocycles. The third-order valence-electron chi connectivity index (χ3n) is 2.26. The SMILES string of the molecule is NNc1cncc(NCc2ccc(F)cc2F)n1. The zero-order valence-electron chi connectivity index (χ0n) is 9.32. The van der Waals surface area contributed by atoms with Gasteiger partial charge in [-0.1, -0.05) is 6.07 Å². The number of hydrogen-bond donors (Lipinski definition) is 3. The van der Waals surface area contributed by atoms with Gasteiger partial charge in [0.1, 0.15) is 17.5 Å². The zero-order valence-corrected chi connectivity index (χ0v) is 9.32. The van der Waals surface area contributed by atoms with E-state index in [1.807, 2.05) is 0 Å². The van der Waals surface area contributed by atoms with Crippen molar-refractivity contribution in [2.75, 3.05) is 10.7 Å². The molecule has 0 saturated carbocycles. The predicted octanol–water partition coefficient (Wildman–Crippen LogP) is 1.65. The van der Waals surface area contributed by atoms with Crippen LogP contribution in [0.3, 0.4) is 0 Å². The number of nitrogens with one attached hydrogen (secondary N) is 2. The molecule has 5 nitrogen and oxygen atoms in total. The number of hydrazine groups is 1. The number of nitrogens with two attached hydrogens (primary N) is 1. The highest BCUT2D eigenvalue weighted by molar-refractivity contribution is 5.41. The van der Waals surface area contributed by atoms with E-state index in [2.05, 4.69) is 20.7 Å². The molecule has 0 atom stereocenters. The van der Waals surface area contributed by atoms with Gasteiger partial charge >= 0.3 is 0 Å². The first-order valence-corrected chi connectivity index (χ1v) is 5.15. The summed E-state index contributed by atoms with van der Waals surface area (Å²) < 4.78 is 26.1. The molecule has 0 saturated heterocycles. The van der Waals surface area contributed by atoms with E-state index < -0.39 is 11.6 Å². The molecule has 0 aliphatic heterocycles. The van der Waals surface area contributed by atoms with Crippen molar-refractivity contribution in [3.63, 3.8) is 0 Å². The number of hydrogen-bond acceptors (Lipinski definition) is 5. The molecule has 0 radical (unpaired) electrons. The standard InChI is InChI=1S/C11H11F2N5/c12-8-2-1-7(9(13)3-8)4-16-10-5-15-6-11(17-10)18-14/h1-3,5-6H,4,14H2,(H2,16,17,18). The van der Waals surface area contributed by atoms with E-state index in [0.29, 0.717) is 17.2 Å². The summed E-state index contributed by atoms with van der Waals surface area (Å²) in [7, 11) is 0. The first-order valence-electron chi connectivity index (χ1n) is 5.15. The Bertz CT molecular complexity index is 547. The second kappa shape index (κ2) is 5.37. The van der Waals surface area contributed by atoms with Gasteiger partial charge in [0.05, 0.1) is 12.4 Å². The van der Waals surface area contributed by atoms with Gasteiger partial charge in [-0.05, 0) is 6.07 Å². The highest BCUT2D eigenvalue weighted by Crippen LogP contribution is 2.12. The average Bonchev–Trinajstić information content (AvgIpc) is 2.38. The fourth-order valence-electron chi connectivity index (χ4n) is 1.37. The number of aromatic nitrogens is 2. The van der Waals surface area contributed by atoms with Crippen LogP contribution in [0.2, 0.25) is 0 Å². The Balaban J connectivity index is 2.06. The molecule has 18 heavy (non-hydrogen) atoms. The van der Waals surface area contributed by atoms with Gasteiger partial charge in [-0.15, -0.1) is 0 Å². The molecule has 0 fully saturated rings. The third kappa shape index (κ3) is 2.89. The molecule has 0 unspecified atom stereocenters. The van der Waals surface area contributed by atoms with E-state index >= 15 is 0 Å². The van der Waals surface area contributed by atoms with Crippen molar-refractivity contribution in [2.24, 2.45) is 5.84 Å². The Morgan fingerprint density at radius 1 is 1.17 bits per heavy atom. The Kier molecular flexibility index (Phi) is 3.63. The Labute approximate surface area is 102 Å². The first kappa shape index (κ1) is 12.2. The lowest BCUT2D eigenvalue weighted by Gasteiger charge is -2.07. The first-order chi connectivity index (χ1) is 8.69. The normalized spacial score (nSPS) is 10.2. The lowest BCUT2D eigenvalue weighted by atomic mass is 10.2. The van der Waals surface area contributed by atoms with Crippen LogP contribution in [0.1, 0.15) is 5.56 Å². The van der Waals surface area contributed by atoms with Gasteiger partial charge in [0, 0.05) is 18.2 Å². The molecule has 0 aliphatic rings. The highest BCUT2D eigenvalue weighted by atomic mass is 19.1. The van der Waals surface area contributed by atoms with Crippen molar-refractivity contribution in [1.29, 1.82) is 0 Å². The van der Waals surface area contributed by atoms with Gasteiger partial charge in [0.2, 0.25) is 0 Å². The minimum absolute atomic E-state index is 0.175. The largest absolute Gasteiger partial charge is 0.365 e. The van der Waals surface area contributed by atoms with Gasteiger partial charge in [-0.25, -0.2) is 19.6 Å². The molecule has 94 valence electrons. The molecule has 0 spiro atoms. The van der Waals surface area contributed by atoms with Gasteiger partial charge in [-0.3, -0.25) is 4.98 Å². The molecule has 2 rings (SSSR count). The quantitative estimate of drug-likeness (QED) is 0.569. The van der Waals surface area contributed by atoms with Crippen molar-refractivity contribution >= 4 is 11.6 Å². The molecule has 1 aromatic carbocycles. The van der Waals surface area contributed by atoms with E-state index in [4.69, 9.17) is 5.84 Å². The number of halogens is 2. The van der Waals surface area contributed by atoms with E-state index in [-0.39, 0.29) is 6.54 Å². The maximum atomic E-state index is 13.4. The molecular formula is C11H11F2N5. The number of benzene rings is 1. The lowest BCUT2D eigenvalue weighted by molar-refractivity contribution is 0.574. The van der Waals surface area contributed by atoms with Crippen LogP contribution in [0.4, 0.5) is 20.4 Å². The number of nitrogens with zero attached hydrogens (tertiary/aromatic N) is 2. The fraction of sp³-hybridized carbons (Fsp3) is 0.0909. The van der Waals surface area contributed by atoms with E-state index in [1.165, 1.54) is 24.5 Å². The van der Waals surface area contributed by atoms with Crippen LogP contribution in [0, 0.1) is 11.6 Å². The number of rotatable bonds is 4. The van der Waals surface area contributed by atoms with Crippen LogP contribution >= 0.6 is 0 Å². The third-order valence-corrected chi connectivity index (χ3v) is 2.26. The van der Waals surface area contributed by atoms with E-state index in [0.717, 1.165) is 6.07 Å². The van der Waals surface area contributed by atoms with Crippen LogP contribution in [0.15, 0.2) is 30.6 Å². The summed E-state index contributed by atoms with van der Waals surface area (Å²) in [6.45, 7) is 0.175. The monoisotopic (exact) mass is 251 g/mol. The summed E-state index contributed by atoms with van der Waals surface area (Å²) in [5.41, 5.74) is 2.68. The summed E-state index contributed by atoms with van der Waals surface area (Å²) in [5.74, 6) is 4.80. The molecular weight excluding hydrogens is 240 g/mol. The summed E-state index contributed by atoms with van der Waals surface area (Å²) >= 11 is 0. The molecule has 0 aliphatic carbocycles. The maximum absolute atomic E-state index is 13.4. The highest BCUT2D eigenvalue weighted by Gasteiger charge is 2.04. The van der Waals surface area contributed by atoms with Crippen molar-refractivity contribution in [1.82, 2.24) is 9.97 Å². The molecule has 7 heteroatoms. The van der Waals surface area contributed by atoms with Gasteiger partial charge in [-0.2, -0.15) is 0 Å². The maximum Gasteiger partial charge on any atom is 0.160 e. The summed E-state index contributed by atoms with van der Waals surface area (Å²) in [6, 6.07) is 3.40. The Morgan fingerprint density at radius 2 is 1.94 bits per heavy atom. The second-order valence-corrected chi connectivity index (χ2v) is 3.52. The zero-order chi connectivity index (χ0) is 13.0. The van der Waals surface area contributed by atoms with Crippen LogP contribution < -0.4 is 16.6 Å². The van der Waals surface area contributed by atoms with Crippen molar-refractivity contribution < 1.29 is 8.78 Å². The van der Waals surface area contributed by atoms with Crippen molar-refractivity contribution in [3.05, 3.63) is 47.8 Å². The summed E-state index contributed by atoms with van der Waals surface area (Å²) in [4.78, 5) is 7.93. The smallest absolute Gasteiger partial charge is 0.160 e. The fourth-order valence-corrected chi connectivity index (χ4v) is 1.37. The number of nitrogen functional groups attached to an aromatic ring is 1. The van der Waals surface area contributed by atoms with Gasteiger partial charge < -0.3 is 10.7 Å². The Hall–Kier alpha value is -2.28. The van der Waals surface area contributed by atoms with Crippen LogP contribution in [0.5, 0.6) is 0 Å². The minimum Gasteiger partial charge on any atom is -0.365 e. The van der Waals surface area contributed by atoms with Crippen molar-refractivity contribution in [3.8, 4) is 0 Å². The number of anilines is 2. The van der Waals surface area contributed by atoms with E-state index in [1.54, 1.807) is 0 Å². The minimum atomic E-state index is -0.608. The van der Waals surface area contributed by atoms with Gasteiger partial charge in [0.15, 0.2) is 5.82 Å². The molecule has 1 heterocycles. The average molecular weight is 251 g/mol.